The first-order valence-electron chi connectivity index (χ1n) is 5.32. The van der Waals surface area contributed by atoms with Crippen molar-refractivity contribution in [1.29, 1.82) is 0 Å². The Bertz CT molecular complexity index is 554. The third-order valence-corrected chi connectivity index (χ3v) is 2.45. The molecule has 0 bridgehead atoms. The van der Waals surface area contributed by atoms with Crippen LogP contribution in [0.2, 0.25) is 0 Å². The number of aromatic amines is 1. The van der Waals surface area contributed by atoms with Crippen molar-refractivity contribution in [3.63, 3.8) is 0 Å². The molecule has 0 spiro atoms. The Morgan fingerprint density at radius 3 is 2.88 bits per heavy atom. The fourth-order valence-electron chi connectivity index (χ4n) is 1.55. The SMILES string of the molecule is Cc1ccc(O)c(C(=O)/C=C/c2ccc[nH]2)c1. The number of aromatic nitrogens is 1. The molecule has 0 fully saturated rings. The number of phenolic OH excluding ortho intramolecular Hbond substituents is 1. The third-order valence-electron chi connectivity index (χ3n) is 2.45. The molecule has 86 valence electrons. The van der Waals surface area contributed by atoms with Gasteiger partial charge >= 0.3 is 0 Å². The predicted molar refractivity (Wildman–Crippen MR) is 67.0 cm³/mol. The minimum Gasteiger partial charge on any atom is -0.507 e. The summed E-state index contributed by atoms with van der Waals surface area (Å²) in [6, 6.07) is 8.69. The van der Waals surface area contributed by atoms with Gasteiger partial charge in [0.05, 0.1) is 5.56 Å². The summed E-state index contributed by atoms with van der Waals surface area (Å²) in [5, 5.41) is 9.60. The number of aromatic hydroxyl groups is 1. The van der Waals surface area contributed by atoms with Crippen molar-refractivity contribution < 1.29 is 9.90 Å². The van der Waals surface area contributed by atoms with Gasteiger partial charge in [-0.15, -0.1) is 0 Å². The van der Waals surface area contributed by atoms with E-state index in [2.05, 4.69) is 4.98 Å². The molecule has 1 aromatic heterocycles. The number of carbonyl (C=O) groups excluding carboxylic acids is 1. The van der Waals surface area contributed by atoms with Gasteiger partial charge in [0.15, 0.2) is 5.78 Å². The molecule has 17 heavy (non-hydrogen) atoms. The van der Waals surface area contributed by atoms with Gasteiger partial charge in [0.1, 0.15) is 5.75 Å². The topological polar surface area (TPSA) is 53.1 Å². The normalized spacial score (nSPS) is 10.9. The minimum absolute atomic E-state index is 0.0109. The van der Waals surface area contributed by atoms with Crippen LogP contribution in [0.4, 0.5) is 0 Å². The van der Waals surface area contributed by atoms with E-state index in [4.69, 9.17) is 0 Å². The lowest BCUT2D eigenvalue weighted by molar-refractivity contribution is 0.104. The molecular weight excluding hydrogens is 214 g/mol. The van der Waals surface area contributed by atoms with E-state index in [0.717, 1.165) is 11.3 Å². The Hall–Kier alpha value is -2.29. The second kappa shape index (κ2) is 4.70. The van der Waals surface area contributed by atoms with Gasteiger partial charge in [0.25, 0.3) is 0 Å². The number of phenols is 1. The maximum atomic E-state index is 11.9. The summed E-state index contributed by atoms with van der Waals surface area (Å²) in [5.74, 6) is -0.197. The predicted octanol–water partition coefficient (Wildman–Crippen LogP) is 2.92. The molecule has 0 saturated carbocycles. The van der Waals surface area contributed by atoms with Gasteiger partial charge in [0.2, 0.25) is 0 Å². The summed E-state index contributed by atoms with van der Waals surface area (Å²) in [6.45, 7) is 1.88. The van der Waals surface area contributed by atoms with Crippen LogP contribution >= 0.6 is 0 Å². The molecule has 0 unspecified atom stereocenters. The van der Waals surface area contributed by atoms with Crippen LogP contribution < -0.4 is 0 Å². The number of hydrogen-bond donors (Lipinski definition) is 2. The largest absolute Gasteiger partial charge is 0.507 e. The summed E-state index contributed by atoms with van der Waals surface area (Å²) in [7, 11) is 0. The second-order valence-corrected chi connectivity index (χ2v) is 3.84. The van der Waals surface area contributed by atoms with E-state index in [1.165, 1.54) is 12.1 Å². The maximum Gasteiger partial charge on any atom is 0.189 e. The molecule has 0 amide bonds. The van der Waals surface area contributed by atoms with Gasteiger partial charge in [-0.25, -0.2) is 0 Å². The molecule has 0 aliphatic heterocycles. The average Bonchev–Trinajstić information content (AvgIpc) is 2.82. The number of benzene rings is 1. The quantitative estimate of drug-likeness (QED) is 0.625. The Morgan fingerprint density at radius 1 is 1.35 bits per heavy atom. The molecule has 0 aliphatic rings. The highest BCUT2D eigenvalue weighted by Gasteiger charge is 2.07. The van der Waals surface area contributed by atoms with Crippen LogP contribution in [0, 0.1) is 6.92 Å². The molecule has 0 saturated heterocycles. The highest BCUT2D eigenvalue weighted by molar-refractivity contribution is 6.08. The molecule has 0 atom stereocenters. The van der Waals surface area contributed by atoms with Gasteiger partial charge in [-0.05, 0) is 43.3 Å². The summed E-state index contributed by atoms with van der Waals surface area (Å²) in [4.78, 5) is 14.8. The number of carbonyl (C=O) groups is 1. The van der Waals surface area contributed by atoms with E-state index in [0.29, 0.717) is 5.56 Å². The lowest BCUT2D eigenvalue weighted by atomic mass is 10.1. The molecule has 3 nitrogen and oxygen atoms in total. The summed E-state index contributed by atoms with van der Waals surface area (Å²) in [6.07, 6.45) is 4.92. The molecular formula is C14H13NO2. The van der Waals surface area contributed by atoms with Crippen LogP contribution in [-0.4, -0.2) is 15.9 Å². The molecule has 0 aliphatic carbocycles. The standard InChI is InChI=1S/C14H13NO2/c1-10-4-6-13(16)12(9-10)14(17)7-5-11-3-2-8-15-11/h2-9,15-16H,1H3/b7-5+. The first-order valence-corrected chi connectivity index (χ1v) is 5.32. The van der Waals surface area contributed by atoms with Crippen LogP contribution in [0.15, 0.2) is 42.6 Å². The molecule has 2 aromatic rings. The van der Waals surface area contributed by atoms with Crippen LogP contribution in [0.25, 0.3) is 6.08 Å². The number of H-pyrrole nitrogens is 1. The zero-order valence-corrected chi connectivity index (χ0v) is 9.47. The Balaban J connectivity index is 2.23. The smallest absolute Gasteiger partial charge is 0.189 e. The van der Waals surface area contributed by atoms with Crippen LogP contribution in [0.5, 0.6) is 5.75 Å². The second-order valence-electron chi connectivity index (χ2n) is 3.84. The zero-order chi connectivity index (χ0) is 12.3. The molecule has 1 heterocycles. The van der Waals surface area contributed by atoms with E-state index in [1.807, 2.05) is 19.1 Å². The van der Waals surface area contributed by atoms with Crippen molar-refractivity contribution in [2.75, 3.05) is 0 Å². The molecule has 0 radical (unpaired) electrons. The first-order chi connectivity index (χ1) is 8.16. The van der Waals surface area contributed by atoms with E-state index >= 15 is 0 Å². The molecule has 2 rings (SSSR count). The third kappa shape index (κ3) is 2.64. The number of nitrogens with one attached hydrogen (secondary N) is 1. The highest BCUT2D eigenvalue weighted by atomic mass is 16.3. The number of hydrogen-bond acceptors (Lipinski definition) is 2. The van der Waals surface area contributed by atoms with E-state index in [9.17, 15) is 9.90 Å². The molecule has 2 N–H and O–H groups in total. The molecule has 3 heteroatoms. The summed E-state index contributed by atoms with van der Waals surface area (Å²) < 4.78 is 0. The number of ketones is 1. The Kier molecular flexibility index (Phi) is 3.10. The van der Waals surface area contributed by atoms with Gasteiger partial charge in [-0.2, -0.15) is 0 Å². The lowest BCUT2D eigenvalue weighted by Crippen LogP contribution is -1.95. The fraction of sp³-hybridized carbons (Fsp3) is 0.0714. The van der Waals surface area contributed by atoms with Gasteiger partial charge in [-0.1, -0.05) is 11.6 Å². The first kappa shape index (κ1) is 11.2. The van der Waals surface area contributed by atoms with Crippen molar-refractivity contribution in [3.05, 3.63) is 59.4 Å². The zero-order valence-electron chi connectivity index (χ0n) is 9.47. The van der Waals surface area contributed by atoms with Crippen molar-refractivity contribution >= 4 is 11.9 Å². The van der Waals surface area contributed by atoms with Crippen LogP contribution in [-0.2, 0) is 0 Å². The number of rotatable bonds is 3. The van der Waals surface area contributed by atoms with Crippen LogP contribution in [0.3, 0.4) is 0 Å². The fourth-order valence-corrected chi connectivity index (χ4v) is 1.55. The maximum absolute atomic E-state index is 11.9. The van der Waals surface area contributed by atoms with Gasteiger partial charge in [-0.3, -0.25) is 4.79 Å². The summed E-state index contributed by atoms with van der Waals surface area (Å²) >= 11 is 0. The summed E-state index contributed by atoms with van der Waals surface area (Å²) in [5.41, 5.74) is 2.12. The van der Waals surface area contributed by atoms with Crippen molar-refractivity contribution in [2.24, 2.45) is 0 Å². The highest BCUT2D eigenvalue weighted by Crippen LogP contribution is 2.19. The van der Waals surface area contributed by atoms with Crippen molar-refractivity contribution in [1.82, 2.24) is 4.98 Å². The van der Waals surface area contributed by atoms with Gasteiger partial charge in [0, 0.05) is 11.9 Å². The minimum atomic E-state index is -0.208. The van der Waals surface area contributed by atoms with Crippen LogP contribution in [0.1, 0.15) is 21.6 Å². The number of allylic oxidation sites excluding steroid dienone is 1. The lowest BCUT2D eigenvalue weighted by Gasteiger charge is -2.01. The van der Waals surface area contributed by atoms with Crippen molar-refractivity contribution in [2.45, 2.75) is 6.92 Å². The Morgan fingerprint density at radius 2 is 2.18 bits per heavy atom. The Labute approximate surface area is 99.4 Å². The monoisotopic (exact) mass is 227 g/mol. The van der Waals surface area contributed by atoms with Crippen molar-refractivity contribution in [3.8, 4) is 5.75 Å². The van der Waals surface area contributed by atoms with E-state index in [-0.39, 0.29) is 11.5 Å². The van der Waals surface area contributed by atoms with Gasteiger partial charge < -0.3 is 10.1 Å². The van der Waals surface area contributed by atoms with E-state index in [1.54, 1.807) is 24.4 Å². The number of aryl methyl sites for hydroxylation is 1. The van der Waals surface area contributed by atoms with E-state index < -0.39 is 0 Å². The molecule has 1 aromatic carbocycles. The average molecular weight is 227 g/mol.